The third kappa shape index (κ3) is 6.90. The molecule has 0 aromatic heterocycles. The molecule has 2 N–H and O–H groups in total. The number of nitrogens with zero attached hydrogens (tertiary/aromatic N) is 1. The number of aryl methyl sites for hydroxylation is 1. The highest BCUT2D eigenvalue weighted by Crippen LogP contribution is 2.46. The van der Waals surface area contributed by atoms with Gasteiger partial charge in [-0.15, -0.1) is 0 Å². The van der Waals surface area contributed by atoms with E-state index in [1.165, 1.54) is 11.1 Å². The number of allylic oxidation sites excluding steroid dienone is 1. The molecule has 2 aliphatic carbocycles. The van der Waals surface area contributed by atoms with Crippen molar-refractivity contribution in [3.05, 3.63) is 70.3 Å². The van der Waals surface area contributed by atoms with Gasteiger partial charge in [-0.3, -0.25) is 4.79 Å². The van der Waals surface area contributed by atoms with Crippen LogP contribution in [-0.4, -0.2) is 77.4 Å². The van der Waals surface area contributed by atoms with E-state index in [4.69, 9.17) is 25.8 Å². The summed E-state index contributed by atoms with van der Waals surface area (Å²) in [5.74, 6) is 0.331. The second-order valence-electron chi connectivity index (χ2n) is 13.0. The van der Waals surface area contributed by atoms with E-state index in [1.807, 2.05) is 12.1 Å². The molecule has 4 aliphatic rings. The van der Waals surface area contributed by atoms with Crippen molar-refractivity contribution < 1.29 is 32.5 Å². The second-order valence-corrected chi connectivity index (χ2v) is 15.3. The molecule has 9 nitrogen and oxygen atoms in total. The number of amides is 1. The monoisotopic (exact) mass is 658 g/mol. The molecule has 244 valence electrons. The average molecular weight is 659 g/mol. The smallest absolute Gasteiger partial charge is 0.264 e. The number of sulfonamides is 1. The third-order valence-corrected chi connectivity index (χ3v) is 12.0. The van der Waals surface area contributed by atoms with Crippen LogP contribution in [0.25, 0.3) is 0 Å². The van der Waals surface area contributed by atoms with E-state index in [0.29, 0.717) is 38.5 Å². The number of halogens is 1. The van der Waals surface area contributed by atoms with Gasteiger partial charge < -0.3 is 24.2 Å². The third-order valence-electron chi connectivity index (χ3n) is 10.1. The number of methoxy groups -OCH3 is 1. The number of aliphatic hydroxyl groups excluding tert-OH is 1. The van der Waals surface area contributed by atoms with Gasteiger partial charge in [0.25, 0.3) is 5.91 Å². The molecule has 2 bridgehead atoms. The first kappa shape index (κ1) is 32.3. The molecule has 0 radical (unpaired) electrons. The van der Waals surface area contributed by atoms with Crippen LogP contribution in [0.4, 0.5) is 5.69 Å². The molecule has 5 atom stereocenters. The standard InChI is InChI=1S/C34H43ClN2O7S/c1-42-15-16-43-20-27-6-2-3-7-31(38)28-11-8-25(28)19-37-21-34(14-4-5-23-17-26(35)10-12-29(23)34)22-44-32-13-9-24(18-30(32)37)33(39)36-45(27,40)41/h3,7,9-10,12-13,17-18,25,27-28,31,38H,2,4-6,8,11,14-16,19-22H2,1H3,(H,36,39)/b7-3-/t25-,27+,28+,31-,34-/m0/s1. The zero-order valence-electron chi connectivity index (χ0n) is 25.8. The normalized spacial score (nSPS) is 30.2. The van der Waals surface area contributed by atoms with Crippen LogP contribution in [0, 0.1) is 11.8 Å². The Morgan fingerprint density at radius 1 is 1.16 bits per heavy atom. The molecule has 1 saturated carbocycles. The largest absolute Gasteiger partial charge is 0.490 e. The Morgan fingerprint density at radius 2 is 2.02 bits per heavy atom. The Labute approximate surface area is 270 Å². The quantitative estimate of drug-likeness (QED) is 0.353. The van der Waals surface area contributed by atoms with Gasteiger partial charge in [-0.1, -0.05) is 29.8 Å². The summed E-state index contributed by atoms with van der Waals surface area (Å²) in [6, 6.07) is 11.3. The van der Waals surface area contributed by atoms with Crippen LogP contribution in [0.5, 0.6) is 5.75 Å². The van der Waals surface area contributed by atoms with Gasteiger partial charge in [0.1, 0.15) is 11.0 Å². The highest BCUT2D eigenvalue weighted by Gasteiger charge is 2.44. The molecular weight excluding hydrogens is 616 g/mol. The van der Waals surface area contributed by atoms with E-state index in [1.54, 1.807) is 31.4 Å². The number of ether oxygens (including phenoxy) is 3. The number of anilines is 1. The Kier molecular flexibility index (Phi) is 9.78. The van der Waals surface area contributed by atoms with Gasteiger partial charge in [-0.2, -0.15) is 0 Å². The maximum absolute atomic E-state index is 13.5. The number of carbonyl (C=O) groups excluding carboxylic acids is 1. The van der Waals surface area contributed by atoms with E-state index >= 15 is 0 Å². The number of fused-ring (bicyclic) bond motifs is 4. The summed E-state index contributed by atoms with van der Waals surface area (Å²) < 4.78 is 46.4. The first-order chi connectivity index (χ1) is 21.7. The fourth-order valence-electron chi connectivity index (χ4n) is 7.43. The lowest BCUT2D eigenvalue weighted by Crippen LogP contribution is -2.49. The molecule has 0 unspecified atom stereocenters. The minimum Gasteiger partial charge on any atom is -0.490 e. The molecule has 45 heavy (non-hydrogen) atoms. The summed E-state index contributed by atoms with van der Waals surface area (Å²) >= 11 is 6.40. The Balaban J connectivity index is 1.36. The Bertz CT molecular complexity index is 1530. The van der Waals surface area contributed by atoms with E-state index < -0.39 is 27.3 Å². The summed E-state index contributed by atoms with van der Waals surface area (Å²) in [7, 11) is -2.53. The van der Waals surface area contributed by atoms with Crippen molar-refractivity contribution >= 4 is 33.2 Å². The van der Waals surface area contributed by atoms with Crippen LogP contribution in [0.2, 0.25) is 5.02 Å². The minimum absolute atomic E-state index is 0.0758. The van der Waals surface area contributed by atoms with E-state index in [0.717, 1.165) is 42.8 Å². The van der Waals surface area contributed by atoms with Crippen molar-refractivity contribution in [2.24, 2.45) is 11.8 Å². The predicted octanol–water partition coefficient (Wildman–Crippen LogP) is 4.64. The average Bonchev–Trinajstić information content (AvgIpc) is 3.14. The molecule has 11 heteroatoms. The van der Waals surface area contributed by atoms with Crippen LogP contribution in [-0.2, 0) is 31.3 Å². The fourth-order valence-corrected chi connectivity index (χ4v) is 8.89. The lowest BCUT2D eigenvalue weighted by molar-refractivity contribution is 0.0456. The van der Waals surface area contributed by atoms with Crippen molar-refractivity contribution in [2.75, 3.05) is 51.5 Å². The molecule has 1 amide bonds. The zero-order valence-corrected chi connectivity index (χ0v) is 27.3. The number of hydrogen-bond donors (Lipinski definition) is 2. The number of carbonyl (C=O) groups is 1. The van der Waals surface area contributed by atoms with Crippen molar-refractivity contribution in [1.29, 1.82) is 0 Å². The van der Waals surface area contributed by atoms with Gasteiger partial charge in [-0.05, 0) is 98.2 Å². The van der Waals surface area contributed by atoms with Crippen LogP contribution in [0.15, 0.2) is 48.6 Å². The van der Waals surface area contributed by atoms with Gasteiger partial charge in [0.2, 0.25) is 10.0 Å². The van der Waals surface area contributed by atoms with E-state index in [2.05, 4.69) is 21.8 Å². The molecule has 2 aromatic carbocycles. The summed E-state index contributed by atoms with van der Waals surface area (Å²) in [6.45, 7) is 2.35. The number of hydrogen-bond acceptors (Lipinski definition) is 8. The lowest BCUT2D eigenvalue weighted by atomic mass is 9.68. The highest BCUT2D eigenvalue weighted by molar-refractivity contribution is 7.90. The molecule has 1 fully saturated rings. The summed E-state index contributed by atoms with van der Waals surface area (Å²) in [5.41, 5.74) is 3.21. The fraction of sp³-hybridized carbons (Fsp3) is 0.559. The van der Waals surface area contributed by atoms with Crippen molar-refractivity contribution in [1.82, 2.24) is 4.72 Å². The molecular formula is C34H43ClN2O7S. The van der Waals surface area contributed by atoms with Crippen LogP contribution < -0.4 is 14.4 Å². The Hall–Kier alpha value is -2.63. The molecule has 1 spiro atoms. The van der Waals surface area contributed by atoms with Crippen LogP contribution in [0.3, 0.4) is 0 Å². The van der Waals surface area contributed by atoms with Crippen molar-refractivity contribution in [3.8, 4) is 5.75 Å². The molecule has 6 rings (SSSR count). The van der Waals surface area contributed by atoms with Gasteiger partial charge in [0.05, 0.1) is 38.2 Å². The number of benzene rings is 2. The predicted molar refractivity (Wildman–Crippen MR) is 174 cm³/mol. The van der Waals surface area contributed by atoms with E-state index in [-0.39, 0.29) is 42.4 Å². The van der Waals surface area contributed by atoms with Crippen molar-refractivity contribution in [3.63, 3.8) is 0 Å². The molecule has 0 saturated heterocycles. The number of nitrogens with one attached hydrogen (secondary N) is 1. The van der Waals surface area contributed by atoms with Gasteiger partial charge in [0.15, 0.2) is 0 Å². The van der Waals surface area contributed by atoms with Crippen molar-refractivity contribution in [2.45, 2.75) is 61.7 Å². The number of aliphatic hydroxyl groups is 1. The first-order valence-electron chi connectivity index (χ1n) is 16.0. The van der Waals surface area contributed by atoms with E-state index in [9.17, 15) is 18.3 Å². The summed E-state index contributed by atoms with van der Waals surface area (Å²) in [6.07, 6.45) is 8.55. The minimum atomic E-state index is -4.08. The number of rotatable bonds is 5. The Morgan fingerprint density at radius 3 is 2.82 bits per heavy atom. The maximum atomic E-state index is 13.5. The molecule has 2 heterocycles. The van der Waals surface area contributed by atoms with Gasteiger partial charge in [0, 0.05) is 36.2 Å². The lowest BCUT2D eigenvalue weighted by Gasteiger charge is -2.45. The molecule has 2 aliphatic heterocycles. The summed E-state index contributed by atoms with van der Waals surface area (Å²) in [4.78, 5) is 15.8. The van der Waals surface area contributed by atoms with Crippen LogP contribution >= 0.6 is 11.6 Å². The summed E-state index contributed by atoms with van der Waals surface area (Å²) in [5, 5.41) is 10.9. The van der Waals surface area contributed by atoms with Gasteiger partial charge in [-0.25, -0.2) is 13.1 Å². The second kappa shape index (κ2) is 13.6. The zero-order chi connectivity index (χ0) is 31.6. The SMILES string of the molecule is COCCOC[C@H]1CC/C=C\[C@H](O)[C@@H]2CC[C@H]2CN2C[C@@]3(CCCc4cc(Cl)ccc43)COc3ccc(cc32)C(=O)NS1(=O)=O. The van der Waals surface area contributed by atoms with Gasteiger partial charge >= 0.3 is 0 Å². The highest BCUT2D eigenvalue weighted by atomic mass is 35.5. The van der Waals surface area contributed by atoms with Crippen LogP contribution in [0.1, 0.15) is 60.0 Å². The maximum Gasteiger partial charge on any atom is 0.264 e. The topological polar surface area (TPSA) is 114 Å². The molecule has 2 aromatic rings. The first-order valence-corrected chi connectivity index (χ1v) is 17.9.